The molecule has 26 nitrogen and oxygen atoms in total. The monoisotopic (exact) mass is 1230 g/mol. The Morgan fingerprint density at radius 1 is 0.759 bits per heavy atom. The first-order valence-electron chi connectivity index (χ1n) is 29.1. The largest absolute Gasteiger partial charge is 0.478 e. The first-order chi connectivity index (χ1) is 40.9. The van der Waals surface area contributed by atoms with Crippen molar-refractivity contribution < 1.29 is 101 Å². The Hall–Kier alpha value is -7.42. The number of aromatic carboxylic acids is 1. The van der Waals surface area contributed by atoms with Crippen LogP contribution < -0.4 is 15.4 Å². The molecule has 2 aliphatic heterocycles. The number of carbonyl (C=O) groups is 10. The second kappa shape index (κ2) is 33.1. The Bertz CT molecular complexity index is 2710. The number of benzene rings is 2. The number of carboxylic acid groups (broad SMARTS) is 1. The molecular formula is C61H89N5O21. The fourth-order valence-corrected chi connectivity index (χ4v) is 11.2. The summed E-state index contributed by atoms with van der Waals surface area (Å²) in [6, 6.07) is 8.50. The number of esters is 4. The summed E-state index contributed by atoms with van der Waals surface area (Å²) in [6.07, 6.45) is -10.7. The van der Waals surface area contributed by atoms with E-state index in [9.17, 15) is 58.2 Å². The summed E-state index contributed by atoms with van der Waals surface area (Å²) in [4.78, 5) is 138. The minimum absolute atomic E-state index is 0.120. The Labute approximate surface area is 508 Å². The van der Waals surface area contributed by atoms with Gasteiger partial charge in [-0.3, -0.25) is 38.5 Å². The Kier molecular flexibility index (Phi) is 27.4. The number of carbonyl (C=O) groups excluding carboxylic acids is 9. The van der Waals surface area contributed by atoms with Crippen molar-refractivity contribution in [2.24, 2.45) is 23.7 Å². The summed E-state index contributed by atoms with van der Waals surface area (Å²) in [6.45, 7) is 17.1. The van der Waals surface area contributed by atoms with Crippen LogP contribution in [-0.4, -0.2) is 200 Å². The molecule has 5 amide bonds. The van der Waals surface area contributed by atoms with E-state index in [0.717, 1.165) is 44.9 Å². The Morgan fingerprint density at radius 2 is 1.37 bits per heavy atom. The number of hydrogen-bond acceptors (Lipinski definition) is 20. The van der Waals surface area contributed by atoms with Crippen molar-refractivity contribution in [1.82, 2.24) is 25.3 Å². The van der Waals surface area contributed by atoms with E-state index >= 15 is 0 Å². The van der Waals surface area contributed by atoms with E-state index in [1.54, 1.807) is 77.8 Å². The highest BCUT2D eigenvalue weighted by Gasteiger charge is 2.56. The molecule has 2 heterocycles. The van der Waals surface area contributed by atoms with Crippen LogP contribution in [-0.2, 0) is 82.9 Å². The number of nitrogens with zero attached hydrogens (tertiary/aromatic N) is 3. The molecule has 2 saturated heterocycles. The van der Waals surface area contributed by atoms with Crippen LogP contribution in [0.25, 0.3) is 0 Å². The van der Waals surface area contributed by atoms with Crippen LogP contribution in [0.5, 0.6) is 5.75 Å². The minimum atomic E-state index is -1.88. The molecule has 2 aromatic carbocycles. The van der Waals surface area contributed by atoms with Gasteiger partial charge >= 0.3 is 35.9 Å². The predicted molar refractivity (Wildman–Crippen MR) is 310 cm³/mol. The van der Waals surface area contributed by atoms with E-state index in [4.69, 9.17) is 42.6 Å². The SMILES string of the molecule is CCC(C)C(C(CC(=O)N1CCC[C@H]1[C@H](OC)[C@@H](C)C(=O)NC(C)C(O)c1ccccc1)OC)N(C)C(=O)[C@@H](NC(=O)[C@H](C(C)C)N(C)C(=O)OCc1ccc(OC2OC(C(=O)OC)[C@@H](OC(C)=O)C(OC(C)=O)[C@H]2OC(C)=O)c(C(=O)O)c1)C(C)C. The Morgan fingerprint density at radius 3 is 1.91 bits per heavy atom. The molecule has 0 aromatic heterocycles. The third-order valence-corrected chi connectivity index (χ3v) is 15.8. The van der Waals surface area contributed by atoms with Crippen LogP contribution in [0.2, 0.25) is 0 Å². The van der Waals surface area contributed by atoms with Gasteiger partial charge in [-0.1, -0.05) is 91.3 Å². The van der Waals surface area contributed by atoms with Gasteiger partial charge < -0.3 is 73.3 Å². The summed E-state index contributed by atoms with van der Waals surface area (Å²) in [5.74, 6) is -9.63. The number of carboxylic acids is 1. The summed E-state index contributed by atoms with van der Waals surface area (Å²) in [7, 11) is 6.89. The molecule has 484 valence electrons. The van der Waals surface area contributed by atoms with Crippen molar-refractivity contribution >= 4 is 59.6 Å². The number of rotatable bonds is 29. The first-order valence-corrected chi connectivity index (χ1v) is 29.1. The quantitative estimate of drug-likeness (QED) is 0.0650. The van der Waals surface area contributed by atoms with Crippen LogP contribution in [0.3, 0.4) is 0 Å². The average Bonchev–Trinajstić information content (AvgIpc) is 4.22. The van der Waals surface area contributed by atoms with Crippen LogP contribution in [0.15, 0.2) is 48.5 Å². The summed E-state index contributed by atoms with van der Waals surface area (Å²) in [5, 5.41) is 27.1. The second-order valence-electron chi connectivity index (χ2n) is 22.8. The zero-order chi connectivity index (χ0) is 65.3. The summed E-state index contributed by atoms with van der Waals surface area (Å²) >= 11 is 0. The molecule has 26 heteroatoms. The maximum absolute atomic E-state index is 14.8. The number of ether oxygens (including phenoxy) is 9. The van der Waals surface area contributed by atoms with E-state index in [2.05, 4.69) is 10.6 Å². The highest BCUT2D eigenvalue weighted by molar-refractivity contribution is 5.92. The zero-order valence-corrected chi connectivity index (χ0v) is 52.7. The topological polar surface area (TPSA) is 328 Å². The Balaban J connectivity index is 1.50. The van der Waals surface area contributed by atoms with Gasteiger partial charge in [-0.25, -0.2) is 14.4 Å². The molecule has 15 atom stereocenters. The summed E-state index contributed by atoms with van der Waals surface area (Å²) < 4.78 is 50.1. The molecule has 87 heavy (non-hydrogen) atoms. The van der Waals surface area contributed by atoms with Crippen molar-refractivity contribution in [3.8, 4) is 5.75 Å². The molecule has 0 aliphatic carbocycles. The molecule has 2 aromatic rings. The number of amides is 5. The van der Waals surface area contributed by atoms with E-state index < -0.39 is 163 Å². The van der Waals surface area contributed by atoms with Gasteiger partial charge in [-0.05, 0) is 60.8 Å². The molecule has 2 aliphatic rings. The van der Waals surface area contributed by atoms with Crippen molar-refractivity contribution in [1.29, 1.82) is 0 Å². The lowest BCUT2D eigenvalue weighted by atomic mass is 9.89. The lowest BCUT2D eigenvalue weighted by Crippen LogP contribution is -2.64. The zero-order valence-electron chi connectivity index (χ0n) is 52.7. The summed E-state index contributed by atoms with van der Waals surface area (Å²) in [5.41, 5.74) is 0.239. The molecule has 4 N–H and O–H groups in total. The van der Waals surface area contributed by atoms with E-state index in [1.165, 1.54) is 32.2 Å². The van der Waals surface area contributed by atoms with Gasteiger partial charge in [-0.2, -0.15) is 0 Å². The third kappa shape index (κ3) is 18.8. The van der Waals surface area contributed by atoms with Crippen LogP contribution in [0, 0.1) is 23.7 Å². The van der Waals surface area contributed by atoms with E-state index in [1.807, 2.05) is 19.9 Å². The number of hydrogen-bond donors (Lipinski definition) is 4. The van der Waals surface area contributed by atoms with E-state index in [-0.39, 0.29) is 29.7 Å². The van der Waals surface area contributed by atoms with Crippen molar-refractivity contribution in [2.45, 2.75) is 188 Å². The number of aliphatic hydroxyl groups excluding tert-OH is 1. The van der Waals surface area contributed by atoms with Gasteiger partial charge in [0, 0.05) is 55.6 Å². The highest BCUT2D eigenvalue weighted by Crippen LogP contribution is 2.34. The van der Waals surface area contributed by atoms with Gasteiger partial charge in [0.25, 0.3) is 0 Å². The number of methoxy groups -OCH3 is 3. The highest BCUT2D eigenvalue weighted by atomic mass is 16.7. The molecule has 0 bridgehead atoms. The molecule has 0 radical (unpaired) electrons. The molecular weight excluding hydrogens is 1140 g/mol. The standard InChI is InChI=1S/C61H89N5O21/c1-17-33(6)48(44(79-14)29-45(70)66-27-21-24-42(66)50(80-15)34(7)55(72)62-35(8)49(71)40-22-19-18-20-23-40)64(12)57(74)46(31(2)3)63-56(73)47(32(4)5)65(13)61(78)82-30-39-25-26-43(41(28-39)58(75)76)86-60-54(85-38(11)69)52(84-37(10)68)51(83-36(9)67)53(87-60)59(77)81-16/h18-20,22-23,25-26,28,31-35,42,44,46-54,60,71H,17,21,24,27,29-30H2,1-16H3,(H,62,72)(H,63,73)(H,75,76)/t33?,34-,35?,42+,44?,46+,47+,48?,49?,50-,51+,52?,53?,54-,60?/m1/s1. The fourth-order valence-electron chi connectivity index (χ4n) is 11.2. The third-order valence-electron chi connectivity index (χ3n) is 15.8. The van der Waals surface area contributed by atoms with Crippen molar-refractivity contribution in [3.05, 3.63) is 65.2 Å². The van der Waals surface area contributed by atoms with Crippen LogP contribution in [0.4, 0.5) is 4.79 Å². The number of aliphatic hydroxyl groups is 1. The fraction of sp³-hybridized carbons (Fsp3) is 0.639. The van der Waals surface area contributed by atoms with Gasteiger partial charge in [0.15, 0.2) is 18.3 Å². The molecule has 4 rings (SSSR count). The van der Waals surface area contributed by atoms with Gasteiger partial charge in [-0.15, -0.1) is 0 Å². The number of likely N-dealkylation sites (N-methyl/N-ethyl adjacent to an activating group) is 2. The lowest BCUT2D eigenvalue weighted by molar-refractivity contribution is -0.282. The van der Waals surface area contributed by atoms with Crippen molar-refractivity contribution in [3.63, 3.8) is 0 Å². The van der Waals surface area contributed by atoms with Crippen LogP contribution >= 0.6 is 0 Å². The minimum Gasteiger partial charge on any atom is -0.478 e. The molecule has 0 spiro atoms. The van der Waals surface area contributed by atoms with E-state index in [0.29, 0.717) is 31.4 Å². The molecule has 8 unspecified atom stereocenters. The lowest BCUT2D eigenvalue weighted by Gasteiger charge is -2.43. The van der Waals surface area contributed by atoms with Gasteiger partial charge in [0.2, 0.25) is 36.0 Å². The van der Waals surface area contributed by atoms with Crippen LogP contribution in [0.1, 0.15) is 129 Å². The first kappa shape index (κ1) is 72.1. The predicted octanol–water partition coefficient (Wildman–Crippen LogP) is 4.35. The average molecular weight is 1230 g/mol. The maximum atomic E-state index is 14.8. The second-order valence-corrected chi connectivity index (χ2v) is 22.8. The molecule has 0 saturated carbocycles. The maximum Gasteiger partial charge on any atom is 0.410 e. The van der Waals surface area contributed by atoms with Crippen molar-refractivity contribution in [2.75, 3.05) is 42.0 Å². The number of nitrogens with one attached hydrogen (secondary N) is 2. The normalized spacial score (nSPS) is 21.5. The van der Waals surface area contributed by atoms with Gasteiger partial charge in [0.1, 0.15) is 30.0 Å². The number of likely N-dealkylation sites (tertiary alicyclic amines) is 1. The smallest absolute Gasteiger partial charge is 0.410 e. The van der Waals surface area contributed by atoms with Gasteiger partial charge in [0.05, 0.1) is 55.9 Å². The molecule has 2 fully saturated rings.